The predicted molar refractivity (Wildman–Crippen MR) is 74.2 cm³/mol. The minimum Gasteiger partial charge on any atom is -0.338 e. The predicted octanol–water partition coefficient (Wildman–Crippen LogP) is 3.34. The Morgan fingerprint density at radius 2 is 2.11 bits per heavy atom. The average Bonchev–Trinajstić information content (AvgIpc) is 2.34. The van der Waals surface area contributed by atoms with Crippen LogP contribution in [0.3, 0.4) is 0 Å². The molecule has 0 saturated heterocycles. The molecule has 0 saturated carbocycles. The number of thioether (sulfide) groups is 1. The van der Waals surface area contributed by atoms with Crippen molar-refractivity contribution in [2.45, 2.75) is 18.7 Å². The number of carbonyl (C=O) groups excluding carboxylic acids is 1. The van der Waals surface area contributed by atoms with Gasteiger partial charge in [0.15, 0.2) is 0 Å². The van der Waals surface area contributed by atoms with E-state index in [-0.39, 0.29) is 17.5 Å². The van der Waals surface area contributed by atoms with Crippen molar-refractivity contribution in [2.24, 2.45) is 0 Å². The molecule has 0 N–H and O–H groups in total. The third-order valence-corrected chi connectivity index (χ3v) is 3.42. The Kier molecular flexibility index (Phi) is 5.92. The van der Waals surface area contributed by atoms with Crippen molar-refractivity contribution < 1.29 is 9.18 Å². The summed E-state index contributed by atoms with van der Waals surface area (Å²) >= 11 is 1.23. The van der Waals surface area contributed by atoms with Gasteiger partial charge in [0.2, 0.25) is 5.91 Å². The maximum absolute atomic E-state index is 13.4. The van der Waals surface area contributed by atoms with Crippen molar-refractivity contribution in [2.75, 3.05) is 18.8 Å². The fraction of sp³-hybridized carbons (Fsp3) is 0.357. The monoisotopic (exact) mass is 267 g/mol. The summed E-state index contributed by atoms with van der Waals surface area (Å²) in [6.45, 7) is 8.82. The van der Waals surface area contributed by atoms with Gasteiger partial charge in [0.1, 0.15) is 5.82 Å². The van der Waals surface area contributed by atoms with Crippen molar-refractivity contribution in [1.29, 1.82) is 0 Å². The summed E-state index contributed by atoms with van der Waals surface area (Å²) in [5, 5.41) is 0. The molecular formula is C14H18FNOS. The number of rotatable bonds is 6. The molecule has 0 unspecified atom stereocenters. The zero-order valence-corrected chi connectivity index (χ0v) is 11.6. The smallest absolute Gasteiger partial charge is 0.233 e. The van der Waals surface area contributed by atoms with Crippen molar-refractivity contribution >= 4 is 17.7 Å². The molecule has 1 aromatic carbocycles. The van der Waals surface area contributed by atoms with Gasteiger partial charge in [0.25, 0.3) is 0 Å². The van der Waals surface area contributed by atoms with Crippen molar-refractivity contribution in [3.63, 3.8) is 0 Å². The summed E-state index contributed by atoms with van der Waals surface area (Å²) in [6.07, 6.45) is 0. The summed E-state index contributed by atoms with van der Waals surface area (Å²) in [5.74, 6) is -0.0193. The Hall–Kier alpha value is -1.29. The standard InChI is InChI=1S/C14H18FNOS/c1-4-16(9-11(2)3)14(17)10-18-13-8-6-5-7-12(13)15/h5-8H,2,4,9-10H2,1,3H3. The molecule has 0 radical (unpaired) electrons. The first kappa shape index (κ1) is 14.8. The van der Waals surface area contributed by atoms with E-state index in [1.807, 2.05) is 13.8 Å². The lowest BCUT2D eigenvalue weighted by molar-refractivity contribution is -0.127. The maximum Gasteiger partial charge on any atom is 0.233 e. The molecular weight excluding hydrogens is 249 g/mol. The van der Waals surface area contributed by atoms with Gasteiger partial charge in [0.05, 0.1) is 5.75 Å². The van der Waals surface area contributed by atoms with Crippen LogP contribution >= 0.6 is 11.8 Å². The van der Waals surface area contributed by atoms with E-state index in [4.69, 9.17) is 0 Å². The molecule has 0 fully saturated rings. The summed E-state index contributed by atoms with van der Waals surface area (Å²) in [7, 11) is 0. The highest BCUT2D eigenvalue weighted by molar-refractivity contribution is 8.00. The SMILES string of the molecule is C=C(C)CN(CC)C(=O)CSc1ccccc1F. The number of halogens is 1. The van der Waals surface area contributed by atoms with Crippen LogP contribution in [-0.2, 0) is 4.79 Å². The lowest BCUT2D eigenvalue weighted by Gasteiger charge is -2.20. The number of nitrogens with zero attached hydrogens (tertiary/aromatic N) is 1. The molecule has 0 spiro atoms. The van der Waals surface area contributed by atoms with Gasteiger partial charge in [-0.2, -0.15) is 0 Å². The van der Waals surface area contributed by atoms with E-state index in [9.17, 15) is 9.18 Å². The topological polar surface area (TPSA) is 20.3 Å². The third kappa shape index (κ3) is 4.53. The second kappa shape index (κ2) is 7.21. The highest BCUT2D eigenvalue weighted by Crippen LogP contribution is 2.21. The Morgan fingerprint density at radius 1 is 1.44 bits per heavy atom. The van der Waals surface area contributed by atoms with Gasteiger partial charge in [-0.15, -0.1) is 11.8 Å². The minimum atomic E-state index is -0.279. The molecule has 2 nitrogen and oxygen atoms in total. The lowest BCUT2D eigenvalue weighted by Crippen LogP contribution is -2.33. The number of benzene rings is 1. The van der Waals surface area contributed by atoms with E-state index in [0.29, 0.717) is 18.0 Å². The van der Waals surface area contributed by atoms with Gasteiger partial charge >= 0.3 is 0 Å². The quantitative estimate of drug-likeness (QED) is 0.582. The first-order valence-corrected chi connectivity index (χ1v) is 6.82. The number of likely N-dealkylation sites (N-methyl/N-ethyl adjacent to an activating group) is 1. The van der Waals surface area contributed by atoms with Crippen LogP contribution in [0.5, 0.6) is 0 Å². The second-order valence-corrected chi connectivity index (χ2v) is 5.10. The Balaban J connectivity index is 2.54. The summed E-state index contributed by atoms with van der Waals surface area (Å²) < 4.78 is 13.4. The first-order valence-electron chi connectivity index (χ1n) is 5.84. The molecule has 18 heavy (non-hydrogen) atoms. The van der Waals surface area contributed by atoms with E-state index in [1.165, 1.54) is 17.8 Å². The van der Waals surface area contributed by atoms with E-state index < -0.39 is 0 Å². The van der Waals surface area contributed by atoms with Crippen LogP contribution in [0.25, 0.3) is 0 Å². The molecule has 0 bridgehead atoms. The first-order chi connectivity index (χ1) is 8.54. The van der Waals surface area contributed by atoms with Gasteiger partial charge in [-0.1, -0.05) is 24.3 Å². The maximum atomic E-state index is 13.4. The fourth-order valence-corrected chi connectivity index (χ4v) is 2.34. The molecule has 98 valence electrons. The zero-order chi connectivity index (χ0) is 13.5. The molecule has 0 aliphatic rings. The summed E-state index contributed by atoms with van der Waals surface area (Å²) in [4.78, 5) is 14.2. The molecule has 0 heterocycles. The highest BCUT2D eigenvalue weighted by atomic mass is 32.2. The van der Waals surface area contributed by atoms with Gasteiger partial charge in [0, 0.05) is 18.0 Å². The van der Waals surface area contributed by atoms with Gasteiger partial charge in [-0.05, 0) is 26.0 Å². The van der Waals surface area contributed by atoms with Crippen LogP contribution in [0.4, 0.5) is 4.39 Å². The third-order valence-electron chi connectivity index (χ3n) is 2.38. The van der Waals surface area contributed by atoms with E-state index >= 15 is 0 Å². The molecule has 1 aromatic rings. The summed E-state index contributed by atoms with van der Waals surface area (Å²) in [6, 6.07) is 6.49. The largest absolute Gasteiger partial charge is 0.338 e. The van der Waals surface area contributed by atoms with Gasteiger partial charge in [-0.25, -0.2) is 4.39 Å². The number of carbonyl (C=O) groups is 1. The highest BCUT2D eigenvalue weighted by Gasteiger charge is 2.12. The number of hydrogen-bond acceptors (Lipinski definition) is 2. The van der Waals surface area contributed by atoms with Gasteiger partial charge in [-0.3, -0.25) is 4.79 Å². The Bertz CT molecular complexity index is 434. The fourth-order valence-electron chi connectivity index (χ4n) is 1.49. The Labute approximate surface area is 112 Å². The van der Waals surface area contributed by atoms with E-state index in [0.717, 1.165) is 5.57 Å². The molecule has 0 aliphatic heterocycles. The minimum absolute atomic E-state index is 0.00810. The van der Waals surface area contributed by atoms with Crippen LogP contribution in [0.2, 0.25) is 0 Å². The van der Waals surface area contributed by atoms with Gasteiger partial charge < -0.3 is 4.90 Å². The van der Waals surface area contributed by atoms with Crippen LogP contribution in [0.15, 0.2) is 41.3 Å². The van der Waals surface area contributed by atoms with Crippen molar-refractivity contribution in [3.05, 3.63) is 42.2 Å². The number of hydrogen-bond donors (Lipinski definition) is 0. The number of amides is 1. The van der Waals surface area contributed by atoms with E-state index in [2.05, 4.69) is 6.58 Å². The van der Waals surface area contributed by atoms with Crippen molar-refractivity contribution in [3.8, 4) is 0 Å². The molecule has 1 rings (SSSR count). The van der Waals surface area contributed by atoms with Crippen LogP contribution in [-0.4, -0.2) is 29.6 Å². The molecule has 0 aromatic heterocycles. The van der Waals surface area contributed by atoms with Crippen LogP contribution in [0, 0.1) is 5.82 Å². The van der Waals surface area contributed by atoms with E-state index in [1.54, 1.807) is 23.1 Å². The molecule has 0 atom stereocenters. The molecule has 0 aliphatic carbocycles. The Morgan fingerprint density at radius 3 is 2.67 bits per heavy atom. The summed E-state index contributed by atoms with van der Waals surface area (Å²) in [5.41, 5.74) is 0.945. The van der Waals surface area contributed by atoms with Crippen molar-refractivity contribution in [1.82, 2.24) is 4.90 Å². The zero-order valence-electron chi connectivity index (χ0n) is 10.8. The normalized spacial score (nSPS) is 10.2. The van der Waals surface area contributed by atoms with Crippen LogP contribution in [0.1, 0.15) is 13.8 Å². The molecule has 1 amide bonds. The lowest BCUT2D eigenvalue weighted by atomic mass is 10.3. The molecule has 4 heteroatoms. The average molecular weight is 267 g/mol. The van der Waals surface area contributed by atoms with Crippen LogP contribution < -0.4 is 0 Å². The second-order valence-electron chi connectivity index (χ2n) is 4.08.